The summed E-state index contributed by atoms with van der Waals surface area (Å²) in [5, 5.41) is 5.86. The average molecular weight is 811 g/mol. The smallest absolute Gasteiger partial charge is 0.252 e. The number of fused-ring (bicyclic) bond motifs is 7. The van der Waals surface area contributed by atoms with Crippen LogP contribution in [0.3, 0.4) is 0 Å². The molecule has 62 heavy (non-hydrogen) atoms. The Balaban J connectivity index is 1.11. The number of hydrogen-bond donors (Lipinski definition) is 0. The fourth-order valence-corrected chi connectivity index (χ4v) is 19.5. The van der Waals surface area contributed by atoms with Gasteiger partial charge in [0.1, 0.15) is 0 Å². The van der Waals surface area contributed by atoms with E-state index in [9.17, 15) is 0 Å². The highest BCUT2D eigenvalue weighted by molar-refractivity contribution is 7.22. The second-order valence-corrected chi connectivity index (χ2v) is 23.2. The Morgan fingerprint density at radius 3 is 1.52 bits per heavy atom. The first-order valence-corrected chi connectivity index (χ1v) is 25.0. The zero-order valence-electron chi connectivity index (χ0n) is 34.9. The van der Waals surface area contributed by atoms with Gasteiger partial charge in [-0.25, -0.2) is 0 Å². The van der Waals surface area contributed by atoms with Gasteiger partial charge in [-0.05, 0) is 164 Å². The molecule has 4 heteroatoms. The van der Waals surface area contributed by atoms with Crippen molar-refractivity contribution in [1.29, 1.82) is 0 Å². The third-order valence-corrected chi connectivity index (χ3v) is 21.1. The Labute approximate surface area is 366 Å². The van der Waals surface area contributed by atoms with Crippen LogP contribution in [0.5, 0.6) is 0 Å². The number of anilines is 6. The van der Waals surface area contributed by atoms with Crippen molar-refractivity contribution in [3.8, 4) is 11.1 Å². The maximum absolute atomic E-state index is 2.76. The maximum Gasteiger partial charge on any atom is 0.252 e. The molecule has 4 saturated carbocycles. The van der Waals surface area contributed by atoms with Gasteiger partial charge in [-0.3, -0.25) is 0 Å². The minimum absolute atomic E-state index is 0.0686. The van der Waals surface area contributed by atoms with Gasteiger partial charge in [-0.2, -0.15) is 0 Å². The lowest BCUT2D eigenvalue weighted by molar-refractivity contribution is -0.00514. The van der Waals surface area contributed by atoms with Gasteiger partial charge in [0.25, 0.3) is 6.71 Å². The number of nitrogens with zero attached hydrogens (tertiary/aromatic N) is 2. The molecule has 8 aromatic rings. The Bertz CT molecular complexity index is 3000. The van der Waals surface area contributed by atoms with Crippen molar-refractivity contribution in [3.63, 3.8) is 0 Å². The van der Waals surface area contributed by atoms with Crippen LogP contribution < -0.4 is 46.9 Å². The van der Waals surface area contributed by atoms with Crippen molar-refractivity contribution in [2.75, 3.05) is 9.80 Å². The van der Waals surface area contributed by atoms with Crippen LogP contribution in [0, 0.1) is 17.8 Å². The van der Waals surface area contributed by atoms with E-state index < -0.39 is 8.07 Å². The lowest BCUT2D eigenvalue weighted by Gasteiger charge is -2.57. The van der Waals surface area contributed by atoms with E-state index in [1.807, 2.05) is 0 Å². The van der Waals surface area contributed by atoms with Crippen molar-refractivity contribution in [1.82, 2.24) is 0 Å². The van der Waals surface area contributed by atoms with Crippen molar-refractivity contribution in [2.24, 2.45) is 17.8 Å². The van der Waals surface area contributed by atoms with Gasteiger partial charge in [0.2, 0.25) is 0 Å². The van der Waals surface area contributed by atoms with E-state index in [0.717, 1.165) is 17.8 Å². The number of hydrogen-bond acceptors (Lipinski definition) is 2. The van der Waals surface area contributed by atoms with Crippen molar-refractivity contribution < 1.29 is 0 Å². The standard InChI is InChI=1S/C58H47BN2Si/c1-5-17-43(18-6-1)60-51-27-15-14-26-49(51)59-50-34-48-47-25-13-16-28-55(47)62(45-21-9-3-10-22-45,46-23-11-4-12-24-46)56(48)35-52(50)61(44-19-7-2-8-20-44)54-33-42(32-53(60)57(54)59)58-36-39-29-40(37-58)31-41(30-39)38-58/h1-28,32-35,39-41H,29-31,36-38H2. The zero-order chi connectivity index (χ0) is 40.6. The van der Waals surface area contributed by atoms with E-state index in [1.165, 1.54) is 121 Å². The molecule has 0 aromatic heterocycles. The SMILES string of the molecule is c1ccc(N2c3ccccc3B3c4cc5c(cc4N(c4ccccc4)c4cc(C67CC8CC(CC(C8)C6)C7)cc2c43)[Si](c2ccccc2)(c2ccccc2)c2ccccc2-5)cc1. The Morgan fingerprint density at radius 2 is 0.919 bits per heavy atom. The van der Waals surface area contributed by atoms with E-state index in [4.69, 9.17) is 0 Å². The topological polar surface area (TPSA) is 6.48 Å². The summed E-state index contributed by atoms with van der Waals surface area (Å²) in [6, 6.07) is 75.0. The first kappa shape index (κ1) is 35.3. The normalized spacial score (nSPS) is 22.7. The van der Waals surface area contributed by atoms with Crippen LogP contribution >= 0.6 is 0 Å². The molecule has 2 nitrogen and oxygen atoms in total. The highest BCUT2D eigenvalue weighted by atomic mass is 28.3. The highest BCUT2D eigenvalue weighted by Gasteiger charge is 2.54. The van der Waals surface area contributed by atoms with E-state index in [2.05, 4.69) is 204 Å². The molecule has 3 heterocycles. The predicted molar refractivity (Wildman–Crippen MR) is 263 cm³/mol. The molecular weight excluding hydrogens is 764 g/mol. The van der Waals surface area contributed by atoms with Gasteiger partial charge >= 0.3 is 0 Å². The summed E-state index contributed by atoms with van der Waals surface area (Å²) in [5.41, 5.74) is 16.5. The molecule has 3 aliphatic heterocycles. The molecule has 0 radical (unpaired) electrons. The van der Waals surface area contributed by atoms with Gasteiger partial charge in [-0.15, -0.1) is 0 Å². The molecule has 4 bridgehead atoms. The first-order chi connectivity index (χ1) is 30.7. The van der Waals surface area contributed by atoms with Crippen LogP contribution in [0.15, 0.2) is 194 Å². The summed E-state index contributed by atoms with van der Waals surface area (Å²) in [4.78, 5) is 5.32. The molecular formula is C58H47BN2Si. The predicted octanol–water partition coefficient (Wildman–Crippen LogP) is 9.59. The fraction of sp³-hybridized carbons (Fsp3) is 0.172. The van der Waals surface area contributed by atoms with Crippen LogP contribution in [-0.2, 0) is 5.41 Å². The molecule has 7 aliphatic rings. The molecule has 0 saturated heterocycles. The maximum atomic E-state index is 2.72. The van der Waals surface area contributed by atoms with E-state index in [1.54, 1.807) is 5.56 Å². The van der Waals surface area contributed by atoms with Gasteiger partial charge < -0.3 is 9.80 Å². The quantitative estimate of drug-likeness (QED) is 0.160. The lowest BCUT2D eigenvalue weighted by atomic mass is 9.33. The summed E-state index contributed by atoms with van der Waals surface area (Å²) < 4.78 is 0. The first-order valence-electron chi connectivity index (χ1n) is 23.0. The second-order valence-electron chi connectivity index (χ2n) is 19.4. The van der Waals surface area contributed by atoms with Crippen LogP contribution in [-0.4, -0.2) is 14.8 Å². The van der Waals surface area contributed by atoms with E-state index >= 15 is 0 Å². The molecule has 0 amide bonds. The van der Waals surface area contributed by atoms with Crippen LogP contribution in [0.25, 0.3) is 11.1 Å². The van der Waals surface area contributed by atoms with Crippen molar-refractivity contribution >= 4 is 86.0 Å². The molecule has 4 fully saturated rings. The van der Waals surface area contributed by atoms with Crippen LogP contribution in [0.2, 0.25) is 0 Å². The van der Waals surface area contributed by atoms with Crippen molar-refractivity contribution in [2.45, 2.75) is 43.9 Å². The largest absolute Gasteiger partial charge is 0.311 e. The molecule has 0 N–H and O–H groups in total. The summed E-state index contributed by atoms with van der Waals surface area (Å²) in [5.74, 6) is 2.57. The number of para-hydroxylation sites is 3. The molecule has 8 aromatic carbocycles. The van der Waals surface area contributed by atoms with Crippen molar-refractivity contribution in [3.05, 3.63) is 200 Å². The number of rotatable bonds is 5. The minimum Gasteiger partial charge on any atom is -0.311 e. The molecule has 0 unspecified atom stereocenters. The van der Waals surface area contributed by atoms with E-state index in [-0.39, 0.29) is 12.1 Å². The summed E-state index contributed by atoms with van der Waals surface area (Å²) in [6.45, 7) is 0.0686. The summed E-state index contributed by atoms with van der Waals surface area (Å²) in [7, 11) is -2.76. The lowest BCUT2D eigenvalue weighted by Crippen LogP contribution is -2.73. The summed E-state index contributed by atoms with van der Waals surface area (Å²) >= 11 is 0. The monoisotopic (exact) mass is 810 g/mol. The Kier molecular flexibility index (Phi) is 7.44. The molecule has 4 aliphatic carbocycles. The van der Waals surface area contributed by atoms with Gasteiger partial charge in [0.15, 0.2) is 8.07 Å². The molecule has 15 rings (SSSR count). The Hall–Kier alpha value is -6.36. The third kappa shape index (κ3) is 4.76. The zero-order valence-corrected chi connectivity index (χ0v) is 35.9. The van der Waals surface area contributed by atoms with Crippen LogP contribution in [0.1, 0.15) is 44.1 Å². The summed E-state index contributed by atoms with van der Waals surface area (Å²) in [6.07, 6.45) is 8.31. The fourth-order valence-electron chi connectivity index (χ4n) is 14.4. The second kappa shape index (κ2) is 13.1. The van der Waals surface area contributed by atoms with E-state index in [0.29, 0.717) is 0 Å². The van der Waals surface area contributed by atoms with Crippen LogP contribution in [0.4, 0.5) is 34.1 Å². The molecule has 0 spiro atoms. The average Bonchev–Trinajstić information content (AvgIpc) is 3.61. The van der Waals surface area contributed by atoms with Gasteiger partial charge in [0.05, 0.1) is 0 Å². The molecule has 0 atom stereocenters. The molecule has 296 valence electrons. The minimum atomic E-state index is -2.76. The highest BCUT2D eigenvalue weighted by Crippen LogP contribution is 2.62. The number of benzene rings is 8. The van der Waals surface area contributed by atoms with Gasteiger partial charge in [-0.1, -0.05) is 146 Å². The Morgan fingerprint density at radius 1 is 0.419 bits per heavy atom. The van der Waals surface area contributed by atoms with Gasteiger partial charge in [0, 0.05) is 34.1 Å². The third-order valence-electron chi connectivity index (χ3n) is 16.2.